The van der Waals surface area contributed by atoms with Crippen LogP contribution in [0.4, 0.5) is 13.2 Å². The molecule has 1 aliphatic rings. The highest BCUT2D eigenvalue weighted by atomic mass is 35.5. The van der Waals surface area contributed by atoms with E-state index in [1.807, 2.05) is 0 Å². The number of benzene rings is 3. The number of fused-ring (bicyclic) bond motifs is 1. The zero-order valence-electron chi connectivity index (χ0n) is 19.8. The van der Waals surface area contributed by atoms with Crippen LogP contribution in [0.1, 0.15) is 27.0 Å². The number of alkyl halides is 3. The molecule has 0 aliphatic carbocycles. The number of nitrogens with zero attached hydrogens (tertiary/aromatic N) is 3. The molecular formula is C26H17Cl2F3N4O4. The van der Waals surface area contributed by atoms with Gasteiger partial charge in [-0.1, -0.05) is 35.3 Å². The Hall–Kier alpha value is -4.09. The second-order valence-electron chi connectivity index (χ2n) is 8.69. The summed E-state index contributed by atoms with van der Waals surface area (Å²) in [6, 6.07) is 12.5. The first-order chi connectivity index (χ1) is 18.5. The van der Waals surface area contributed by atoms with Crippen molar-refractivity contribution in [2.45, 2.75) is 19.1 Å². The number of hydrogen-bond acceptors (Lipinski definition) is 5. The van der Waals surface area contributed by atoms with Crippen LogP contribution in [0.3, 0.4) is 0 Å². The van der Waals surface area contributed by atoms with Crippen molar-refractivity contribution in [2.75, 3.05) is 6.54 Å². The lowest BCUT2D eigenvalue weighted by Crippen LogP contribution is -2.37. The van der Waals surface area contributed by atoms with Crippen LogP contribution in [-0.4, -0.2) is 32.1 Å². The first-order valence-electron chi connectivity index (χ1n) is 11.4. The van der Waals surface area contributed by atoms with Crippen LogP contribution in [0.15, 0.2) is 70.4 Å². The van der Waals surface area contributed by atoms with Gasteiger partial charge in [-0.2, -0.15) is 23.0 Å². The fraction of sp³-hybridized carbons (Fsp3) is 0.154. The summed E-state index contributed by atoms with van der Waals surface area (Å²) in [7, 11) is 0. The molecule has 2 heterocycles. The number of ether oxygens (including phenoxy) is 1. The standard InChI is InChI=1S/C26H17Cl2F3N4O4/c27-20-10-17(35-25(38)33-22(36)12-32-35)11-21(28)23(20)39-18-4-5-19-15(9-18)6-7-34(24(19)37)13-14-2-1-3-16(8-14)26(29,30)31/h1-5,8-12H,6-7,13H2,(H,33,36,38). The molecule has 200 valence electrons. The minimum absolute atomic E-state index is 0.0469. The van der Waals surface area contributed by atoms with Crippen LogP contribution in [-0.2, 0) is 19.1 Å². The van der Waals surface area contributed by atoms with Gasteiger partial charge in [0.25, 0.3) is 11.5 Å². The summed E-state index contributed by atoms with van der Waals surface area (Å²) >= 11 is 12.7. The highest BCUT2D eigenvalue weighted by Gasteiger charge is 2.31. The number of amides is 1. The number of H-pyrrole nitrogens is 1. The van der Waals surface area contributed by atoms with E-state index >= 15 is 0 Å². The van der Waals surface area contributed by atoms with E-state index in [1.165, 1.54) is 23.1 Å². The minimum Gasteiger partial charge on any atom is -0.454 e. The van der Waals surface area contributed by atoms with Crippen LogP contribution >= 0.6 is 23.2 Å². The summed E-state index contributed by atoms with van der Waals surface area (Å²) in [5.74, 6) is 0.149. The van der Waals surface area contributed by atoms with Crippen molar-refractivity contribution in [3.05, 3.63) is 114 Å². The number of halogens is 5. The Bertz CT molecular complexity index is 1700. The summed E-state index contributed by atoms with van der Waals surface area (Å²) in [4.78, 5) is 39.9. The van der Waals surface area contributed by atoms with Gasteiger partial charge in [-0.15, -0.1) is 0 Å². The maximum absolute atomic E-state index is 13.1. The van der Waals surface area contributed by atoms with E-state index in [0.29, 0.717) is 35.4 Å². The molecule has 0 unspecified atom stereocenters. The predicted molar refractivity (Wildman–Crippen MR) is 137 cm³/mol. The van der Waals surface area contributed by atoms with Crippen molar-refractivity contribution < 1.29 is 22.7 Å². The third kappa shape index (κ3) is 5.55. The van der Waals surface area contributed by atoms with Crippen LogP contribution in [0.5, 0.6) is 11.5 Å². The first kappa shape index (κ1) is 26.5. The second-order valence-corrected chi connectivity index (χ2v) is 9.50. The van der Waals surface area contributed by atoms with Crippen molar-refractivity contribution in [3.63, 3.8) is 0 Å². The van der Waals surface area contributed by atoms with Crippen molar-refractivity contribution in [3.8, 4) is 17.2 Å². The molecule has 39 heavy (non-hydrogen) atoms. The van der Waals surface area contributed by atoms with Crippen LogP contribution in [0, 0.1) is 0 Å². The number of nitrogens with one attached hydrogen (secondary N) is 1. The number of carbonyl (C=O) groups excluding carboxylic acids is 1. The summed E-state index contributed by atoms with van der Waals surface area (Å²) < 4.78 is 46.0. The summed E-state index contributed by atoms with van der Waals surface area (Å²) in [5.41, 5.74) is -0.492. The van der Waals surface area contributed by atoms with Crippen molar-refractivity contribution in [1.29, 1.82) is 0 Å². The highest BCUT2D eigenvalue weighted by Crippen LogP contribution is 2.39. The largest absolute Gasteiger partial charge is 0.454 e. The molecule has 0 atom stereocenters. The zero-order valence-corrected chi connectivity index (χ0v) is 21.3. The molecule has 1 aliphatic heterocycles. The Balaban J connectivity index is 1.35. The molecule has 3 aromatic carbocycles. The molecule has 8 nitrogen and oxygen atoms in total. The van der Waals surface area contributed by atoms with Gasteiger partial charge in [0.2, 0.25) is 0 Å². The minimum atomic E-state index is -4.46. The smallest absolute Gasteiger partial charge is 0.416 e. The summed E-state index contributed by atoms with van der Waals surface area (Å²) in [6.45, 7) is 0.355. The van der Waals surface area contributed by atoms with Gasteiger partial charge in [-0.05, 0) is 60.0 Å². The number of rotatable bonds is 5. The molecule has 0 bridgehead atoms. The number of carbonyl (C=O) groups is 1. The molecule has 0 saturated carbocycles. The quantitative estimate of drug-likeness (QED) is 0.350. The fourth-order valence-corrected chi connectivity index (χ4v) is 4.77. The van der Waals surface area contributed by atoms with Crippen LogP contribution in [0.2, 0.25) is 10.0 Å². The van der Waals surface area contributed by atoms with E-state index in [4.69, 9.17) is 27.9 Å². The van der Waals surface area contributed by atoms with E-state index in [2.05, 4.69) is 10.1 Å². The first-order valence-corrected chi connectivity index (χ1v) is 12.2. The van der Waals surface area contributed by atoms with Gasteiger partial charge >= 0.3 is 11.9 Å². The molecule has 0 radical (unpaired) electrons. The Morgan fingerprint density at radius 3 is 2.44 bits per heavy atom. The molecule has 1 amide bonds. The molecule has 1 aromatic heterocycles. The van der Waals surface area contributed by atoms with E-state index in [9.17, 15) is 27.6 Å². The maximum atomic E-state index is 13.1. The lowest BCUT2D eigenvalue weighted by molar-refractivity contribution is -0.137. The van der Waals surface area contributed by atoms with Gasteiger partial charge in [0.15, 0.2) is 5.75 Å². The highest BCUT2D eigenvalue weighted by molar-refractivity contribution is 6.37. The lowest BCUT2D eigenvalue weighted by atomic mass is 9.98. The molecule has 0 spiro atoms. The van der Waals surface area contributed by atoms with Crippen molar-refractivity contribution in [1.82, 2.24) is 19.7 Å². The topological polar surface area (TPSA) is 97.3 Å². The van der Waals surface area contributed by atoms with Crippen molar-refractivity contribution in [2.24, 2.45) is 0 Å². The lowest BCUT2D eigenvalue weighted by Gasteiger charge is -2.29. The normalized spacial score (nSPS) is 13.4. The summed E-state index contributed by atoms with van der Waals surface area (Å²) in [6.07, 6.45) is -3.07. The molecular weight excluding hydrogens is 560 g/mol. The average molecular weight is 577 g/mol. The number of aromatic amines is 1. The molecule has 5 rings (SSSR count). The monoisotopic (exact) mass is 576 g/mol. The van der Waals surface area contributed by atoms with E-state index < -0.39 is 23.0 Å². The molecule has 0 fully saturated rings. The fourth-order valence-electron chi connectivity index (χ4n) is 4.21. The Labute approximate surface area is 228 Å². The molecule has 4 aromatic rings. The van der Waals surface area contributed by atoms with Gasteiger partial charge in [-0.25, -0.2) is 4.79 Å². The Kier molecular flexibility index (Phi) is 6.96. The average Bonchev–Trinajstić information content (AvgIpc) is 2.87. The molecule has 13 heteroatoms. The van der Waals surface area contributed by atoms with Crippen LogP contribution in [0.25, 0.3) is 5.69 Å². The van der Waals surface area contributed by atoms with E-state index in [0.717, 1.165) is 23.0 Å². The van der Waals surface area contributed by atoms with Gasteiger partial charge in [0.05, 0.1) is 21.3 Å². The Morgan fingerprint density at radius 2 is 1.74 bits per heavy atom. The summed E-state index contributed by atoms with van der Waals surface area (Å²) in [5, 5.41) is 3.90. The van der Waals surface area contributed by atoms with E-state index in [-0.39, 0.29) is 33.9 Å². The molecule has 1 N–H and O–H groups in total. The molecule has 0 saturated heterocycles. The zero-order chi connectivity index (χ0) is 27.9. The third-order valence-electron chi connectivity index (χ3n) is 6.03. The maximum Gasteiger partial charge on any atom is 0.416 e. The third-order valence-corrected chi connectivity index (χ3v) is 6.60. The predicted octanol–water partition coefficient (Wildman–Crippen LogP) is 5.24. The van der Waals surface area contributed by atoms with Gasteiger partial charge in [-0.3, -0.25) is 14.6 Å². The SMILES string of the molecule is O=C1c2ccc(Oc3c(Cl)cc(-n4ncc(=O)[nH]c4=O)cc3Cl)cc2CCN1Cc1cccc(C(F)(F)F)c1. The Morgan fingerprint density at radius 1 is 1.00 bits per heavy atom. The number of hydrogen-bond donors (Lipinski definition) is 1. The van der Waals surface area contributed by atoms with Gasteiger partial charge in [0, 0.05) is 18.7 Å². The second kappa shape index (κ2) is 10.2. The van der Waals surface area contributed by atoms with Crippen LogP contribution < -0.4 is 16.0 Å². The van der Waals surface area contributed by atoms with Gasteiger partial charge in [0.1, 0.15) is 11.9 Å². The van der Waals surface area contributed by atoms with E-state index in [1.54, 1.807) is 24.3 Å². The van der Waals surface area contributed by atoms with Gasteiger partial charge < -0.3 is 9.64 Å². The number of aromatic nitrogens is 3. The van der Waals surface area contributed by atoms with Crippen molar-refractivity contribution >= 4 is 29.1 Å².